The Bertz CT molecular complexity index is 255. The van der Waals surface area contributed by atoms with E-state index in [2.05, 4.69) is 43.1 Å². The molecule has 100 valence electrons. The molecule has 0 amide bonds. The van der Waals surface area contributed by atoms with Crippen LogP contribution in [-0.2, 0) is 0 Å². The third kappa shape index (κ3) is 2.94. The van der Waals surface area contributed by atoms with Gasteiger partial charge in [0.15, 0.2) is 0 Å². The van der Waals surface area contributed by atoms with Gasteiger partial charge in [-0.2, -0.15) is 0 Å². The van der Waals surface area contributed by atoms with Crippen molar-refractivity contribution in [3.05, 3.63) is 0 Å². The van der Waals surface area contributed by atoms with Crippen LogP contribution in [0.1, 0.15) is 25.7 Å². The van der Waals surface area contributed by atoms with Crippen molar-refractivity contribution in [2.75, 3.05) is 27.2 Å². The van der Waals surface area contributed by atoms with Crippen LogP contribution in [0.3, 0.4) is 0 Å². The molecule has 1 saturated heterocycles. The van der Waals surface area contributed by atoms with Crippen molar-refractivity contribution >= 4 is 16.3 Å². The maximum absolute atomic E-state index is 2.67. The molecule has 4 heteroatoms. The molecular formula is C13H29N2PSi. The number of hydrogen-bond acceptors (Lipinski definition) is 2. The highest BCUT2D eigenvalue weighted by Crippen LogP contribution is 2.59. The number of likely N-dealkylation sites (N-methyl/N-ethyl adjacent to an activating group) is 2. The van der Waals surface area contributed by atoms with Gasteiger partial charge in [-0.1, -0.05) is 38.9 Å². The normalized spacial score (nSPS) is 34.4. The second-order valence-electron chi connectivity index (χ2n) is 6.91. The molecule has 0 aromatic heterocycles. The third-order valence-electron chi connectivity index (χ3n) is 4.59. The quantitative estimate of drug-likeness (QED) is 0.557. The number of rotatable bonds is 2. The van der Waals surface area contributed by atoms with Gasteiger partial charge in [-0.15, -0.1) is 0 Å². The summed E-state index contributed by atoms with van der Waals surface area (Å²) in [5.41, 5.74) is 2.06. The second kappa shape index (κ2) is 5.28. The van der Waals surface area contributed by atoms with Crippen LogP contribution < -0.4 is 0 Å². The minimum Gasteiger partial charge on any atom is -0.271 e. The summed E-state index contributed by atoms with van der Waals surface area (Å²) in [7, 11) is 3.73. The lowest BCUT2D eigenvalue weighted by Crippen LogP contribution is -2.39. The summed E-state index contributed by atoms with van der Waals surface area (Å²) in [4.78, 5) is 0. The summed E-state index contributed by atoms with van der Waals surface area (Å²) in [6, 6.07) is 0. The highest BCUT2D eigenvalue weighted by Gasteiger charge is 2.43. The van der Waals surface area contributed by atoms with Crippen molar-refractivity contribution in [3.8, 4) is 0 Å². The third-order valence-corrected chi connectivity index (χ3v) is 10.8. The molecule has 0 spiro atoms. The van der Waals surface area contributed by atoms with Crippen LogP contribution in [-0.4, -0.2) is 50.3 Å². The molecule has 2 nitrogen and oxygen atoms in total. The molecule has 0 aromatic rings. The maximum Gasteiger partial charge on any atom is 0.0481 e. The molecule has 1 aliphatic heterocycles. The maximum atomic E-state index is 2.67. The molecule has 0 radical (unpaired) electrons. The fourth-order valence-electron chi connectivity index (χ4n) is 3.66. The molecular weight excluding hydrogens is 243 g/mol. The van der Waals surface area contributed by atoms with Gasteiger partial charge in [0, 0.05) is 35.0 Å². The zero-order valence-electron chi connectivity index (χ0n) is 12.2. The Morgan fingerprint density at radius 3 is 2.00 bits per heavy atom. The van der Waals surface area contributed by atoms with E-state index in [9.17, 15) is 0 Å². The van der Waals surface area contributed by atoms with Crippen LogP contribution in [0.15, 0.2) is 0 Å². The Hall–Kier alpha value is 0.567. The highest BCUT2D eigenvalue weighted by atomic mass is 31.1. The van der Waals surface area contributed by atoms with E-state index in [0.717, 1.165) is 11.2 Å². The first-order valence-corrected chi connectivity index (χ1v) is 12.0. The minimum absolute atomic E-state index is 0.0121. The molecule has 0 aromatic carbocycles. The average molecular weight is 272 g/mol. The van der Waals surface area contributed by atoms with E-state index in [4.69, 9.17) is 0 Å². The molecule has 17 heavy (non-hydrogen) atoms. The number of nitrogens with zero attached hydrogens (tertiary/aromatic N) is 2. The fourth-order valence-corrected chi connectivity index (χ4v) is 10.8. The topological polar surface area (TPSA) is 6.48 Å². The first-order chi connectivity index (χ1) is 7.91. The van der Waals surface area contributed by atoms with E-state index < -0.39 is 8.07 Å². The minimum atomic E-state index is -0.983. The van der Waals surface area contributed by atoms with Crippen LogP contribution in [0.4, 0.5) is 0 Å². The van der Waals surface area contributed by atoms with Crippen molar-refractivity contribution in [1.29, 1.82) is 0 Å². The largest absolute Gasteiger partial charge is 0.271 e. The van der Waals surface area contributed by atoms with E-state index >= 15 is 0 Å². The summed E-state index contributed by atoms with van der Waals surface area (Å²) in [5, 5.41) is 0. The van der Waals surface area contributed by atoms with Gasteiger partial charge in [0.1, 0.15) is 0 Å². The van der Waals surface area contributed by atoms with Gasteiger partial charge in [-0.05, 0) is 26.1 Å². The number of hydrogen-bond donors (Lipinski definition) is 0. The van der Waals surface area contributed by atoms with Crippen LogP contribution in [0, 0.1) is 0 Å². The summed E-state index contributed by atoms with van der Waals surface area (Å²) >= 11 is 0. The zero-order chi connectivity index (χ0) is 12.6. The zero-order valence-corrected chi connectivity index (χ0v) is 14.1. The lowest BCUT2D eigenvalue weighted by molar-refractivity contribution is 0.478. The van der Waals surface area contributed by atoms with Crippen molar-refractivity contribution in [2.24, 2.45) is 0 Å². The highest BCUT2D eigenvalue weighted by molar-refractivity contribution is 7.54. The van der Waals surface area contributed by atoms with Gasteiger partial charge >= 0.3 is 0 Å². The standard InChI is InChI=1S/C13H29N2PSi/c1-14-10-11-15(2)16(14)12-8-6-7-9-13(12)17(3,4)5/h12-13H,6-11H2,1-5H3. The molecule has 0 N–H and O–H groups in total. The van der Waals surface area contributed by atoms with Crippen LogP contribution in [0.2, 0.25) is 25.2 Å². The summed E-state index contributed by atoms with van der Waals surface area (Å²) < 4.78 is 5.33. The lowest BCUT2D eigenvalue weighted by atomic mass is 9.99. The predicted octanol–water partition coefficient (Wildman–Crippen LogP) is 3.83. The van der Waals surface area contributed by atoms with E-state index in [-0.39, 0.29) is 8.22 Å². The van der Waals surface area contributed by atoms with Gasteiger partial charge in [0.2, 0.25) is 0 Å². The van der Waals surface area contributed by atoms with Crippen molar-refractivity contribution < 1.29 is 0 Å². The average Bonchev–Trinajstić information content (AvgIpc) is 2.57. The monoisotopic (exact) mass is 272 g/mol. The predicted molar refractivity (Wildman–Crippen MR) is 81.5 cm³/mol. The molecule has 2 rings (SSSR count). The van der Waals surface area contributed by atoms with Gasteiger partial charge in [-0.25, -0.2) is 0 Å². The van der Waals surface area contributed by atoms with Gasteiger partial charge in [0.25, 0.3) is 0 Å². The Labute approximate surface area is 110 Å². The Kier molecular flexibility index (Phi) is 4.35. The van der Waals surface area contributed by atoms with Crippen molar-refractivity contribution in [2.45, 2.75) is 56.5 Å². The van der Waals surface area contributed by atoms with Gasteiger partial charge < -0.3 is 0 Å². The Morgan fingerprint density at radius 2 is 1.47 bits per heavy atom. The van der Waals surface area contributed by atoms with Crippen LogP contribution >= 0.6 is 8.22 Å². The summed E-state index contributed by atoms with van der Waals surface area (Å²) in [6.45, 7) is 10.3. The Balaban J connectivity index is 2.16. The molecule has 1 heterocycles. The van der Waals surface area contributed by atoms with Crippen LogP contribution in [0.5, 0.6) is 0 Å². The SMILES string of the molecule is CN1CCN(C)P1C1CCCCC1[Si](C)(C)C. The van der Waals surface area contributed by atoms with E-state index in [1.165, 1.54) is 38.8 Å². The van der Waals surface area contributed by atoms with Crippen LogP contribution in [0.25, 0.3) is 0 Å². The molecule has 1 saturated carbocycles. The van der Waals surface area contributed by atoms with E-state index in [1.807, 2.05) is 0 Å². The van der Waals surface area contributed by atoms with Crippen molar-refractivity contribution in [1.82, 2.24) is 9.34 Å². The fraction of sp³-hybridized carbons (Fsp3) is 1.00. The van der Waals surface area contributed by atoms with Gasteiger partial charge in [-0.3, -0.25) is 9.34 Å². The van der Waals surface area contributed by atoms with Gasteiger partial charge in [0.05, 0.1) is 0 Å². The molecule has 2 atom stereocenters. The molecule has 2 fully saturated rings. The molecule has 1 aliphatic carbocycles. The first-order valence-electron chi connectivity index (χ1n) is 7.12. The summed E-state index contributed by atoms with van der Waals surface area (Å²) in [6.07, 6.45) is 5.98. The van der Waals surface area contributed by atoms with E-state index in [0.29, 0.717) is 0 Å². The Morgan fingerprint density at radius 1 is 0.941 bits per heavy atom. The van der Waals surface area contributed by atoms with E-state index in [1.54, 1.807) is 0 Å². The first kappa shape index (κ1) is 14.0. The summed E-state index contributed by atoms with van der Waals surface area (Å²) in [5.74, 6) is 0. The molecule has 0 bridgehead atoms. The second-order valence-corrected chi connectivity index (χ2v) is 15.1. The smallest absolute Gasteiger partial charge is 0.0481 e. The molecule has 2 unspecified atom stereocenters. The lowest BCUT2D eigenvalue weighted by Gasteiger charge is -2.45. The van der Waals surface area contributed by atoms with Crippen molar-refractivity contribution in [3.63, 3.8) is 0 Å². The molecule has 2 aliphatic rings.